The van der Waals surface area contributed by atoms with E-state index >= 15 is 0 Å². The van der Waals surface area contributed by atoms with Gasteiger partial charge in [0, 0.05) is 6.54 Å². The molecule has 0 fully saturated rings. The zero-order valence-corrected chi connectivity index (χ0v) is 13.2. The number of hydrogen-bond donors (Lipinski definition) is 2. The smallest absolute Gasteiger partial charge is 0.317 e. The number of rotatable bonds is 4. The Kier molecular flexibility index (Phi) is 4.29. The molecule has 24 heavy (non-hydrogen) atoms. The summed E-state index contributed by atoms with van der Waals surface area (Å²) in [5, 5.41) is 2.77. The van der Waals surface area contributed by atoms with Crippen LogP contribution in [-0.2, 0) is 17.9 Å². The monoisotopic (exact) mass is 323 g/mol. The molecule has 0 bridgehead atoms. The maximum Gasteiger partial charge on any atom is 0.317 e. The van der Waals surface area contributed by atoms with Gasteiger partial charge in [0.1, 0.15) is 6.54 Å². The Hall–Kier alpha value is -3.15. The summed E-state index contributed by atoms with van der Waals surface area (Å²) < 4.78 is 1.19. The van der Waals surface area contributed by atoms with Gasteiger partial charge in [-0.1, -0.05) is 42.0 Å². The Morgan fingerprint density at radius 2 is 1.79 bits per heavy atom. The zero-order chi connectivity index (χ0) is 17.1. The summed E-state index contributed by atoms with van der Waals surface area (Å²) in [6.45, 7) is 2.16. The molecule has 1 aromatic heterocycles. The van der Waals surface area contributed by atoms with Gasteiger partial charge in [-0.25, -0.2) is 0 Å². The molecule has 0 aliphatic carbocycles. The summed E-state index contributed by atoms with van der Waals surface area (Å²) in [4.78, 5) is 38.5. The molecule has 2 aromatic carbocycles. The number of hydrogen-bond acceptors (Lipinski definition) is 3. The zero-order valence-electron chi connectivity index (χ0n) is 13.2. The van der Waals surface area contributed by atoms with E-state index in [2.05, 4.69) is 10.3 Å². The van der Waals surface area contributed by atoms with E-state index in [0.29, 0.717) is 17.6 Å². The molecule has 122 valence electrons. The molecule has 0 saturated carbocycles. The maximum atomic E-state index is 12.2. The minimum atomic E-state index is -0.737. The number of carbonyl (C=O) groups is 1. The lowest BCUT2D eigenvalue weighted by Gasteiger charge is -2.10. The number of fused-ring (bicyclic) bond motifs is 1. The van der Waals surface area contributed by atoms with Crippen LogP contribution in [0.1, 0.15) is 11.1 Å². The summed E-state index contributed by atoms with van der Waals surface area (Å²) in [5.74, 6) is -0.326. The topological polar surface area (TPSA) is 84.0 Å². The van der Waals surface area contributed by atoms with E-state index in [1.54, 1.807) is 24.3 Å². The molecule has 0 atom stereocenters. The molecule has 1 heterocycles. The molecule has 1 amide bonds. The third-order valence-corrected chi connectivity index (χ3v) is 3.79. The number of aromatic nitrogens is 2. The molecule has 2 N–H and O–H groups in total. The van der Waals surface area contributed by atoms with Crippen LogP contribution in [0.2, 0.25) is 0 Å². The van der Waals surface area contributed by atoms with Crippen LogP contribution in [0.3, 0.4) is 0 Å². The first-order valence-corrected chi connectivity index (χ1v) is 7.59. The van der Waals surface area contributed by atoms with Crippen molar-refractivity contribution in [3.8, 4) is 0 Å². The van der Waals surface area contributed by atoms with E-state index in [4.69, 9.17) is 0 Å². The number of aromatic amines is 1. The Bertz CT molecular complexity index is 1000. The first-order chi connectivity index (χ1) is 11.5. The van der Waals surface area contributed by atoms with Crippen molar-refractivity contribution < 1.29 is 4.79 Å². The number of H-pyrrole nitrogens is 1. The number of aryl methyl sites for hydroxylation is 1. The predicted molar refractivity (Wildman–Crippen MR) is 91.9 cm³/mol. The van der Waals surface area contributed by atoms with Gasteiger partial charge >= 0.3 is 11.1 Å². The van der Waals surface area contributed by atoms with Crippen molar-refractivity contribution in [3.63, 3.8) is 0 Å². The summed E-state index contributed by atoms with van der Waals surface area (Å²) in [6, 6.07) is 14.7. The van der Waals surface area contributed by atoms with Crippen molar-refractivity contribution in [3.05, 3.63) is 80.4 Å². The van der Waals surface area contributed by atoms with Crippen LogP contribution in [0, 0.1) is 6.92 Å². The van der Waals surface area contributed by atoms with Gasteiger partial charge in [-0.2, -0.15) is 0 Å². The Morgan fingerprint density at radius 3 is 2.54 bits per heavy atom. The standard InChI is InChI=1S/C18H17N3O3/c1-12-6-8-13(9-7-12)10-19-16(22)11-21-15-5-3-2-4-14(15)20-17(23)18(21)24/h2-9H,10-11H2,1H3,(H,19,22)(H,20,23). The normalized spacial score (nSPS) is 10.7. The molecule has 0 aliphatic heterocycles. The lowest BCUT2D eigenvalue weighted by Crippen LogP contribution is -2.40. The Balaban J connectivity index is 1.80. The second kappa shape index (κ2) is 6.54. The molecular formula is C18H17N3O3. The fourth-order valence-electron chi connectivity index (χ4n) is 2.49. The molecule has 3 aromatic rings. The molecule has 6 heteroatoms. The first kappa shape index (κ1) is 15.7. The molecule has 6 nitrogen and oxygen atoms in total. The van der Waals surface area contributed by atoms with Crippen molar-refractivity contribution in [2.45, 2.75) is 20.0 Å². The van der Waals surface area contributed by atoms with Gasteiger partial charge in [0.2, 0.25) is 5.91 Å². The predicted octanol–water partition coefficient (Wildman–Crippen LogP) is 1.31. The number of benzene rings is 2. The quantitative estimate of drug-likeness (QED) is 0.710. The molecule has 0 saturated heterocycles. The van der Waals surface area contributed by atoms with Gasteiger partial charge < -0.3 is 10.3 Å². The highest BCUT2D eigenvalue weighted by molar-refractivity contribution is 5.79. The number of amides is 1. The van der Waals surface area contributed by atoms with Gasteiger partial charge in [0.15, 0.2) is 0 Å². The van der Waals surface area contributed by atoms with Gasteiger partial charge in [0.05, 0.1) is 11.0 Å². The highest BCUT2D eigenvalue weighted by atomic mass is 16.2. The van der Waals surface area contributed by atoms with E-state index < -0.39 is 11.1 Å². The minimum Gasteiger partial charge on any atom is -0.350 e. The molecule has 0 unspecified atom stereocenters. The average molecular weight is 323 g/mol. The van der Waals surface area contributed by atoms with Crippen LogP contribution < -0.4 is 16.4 Å². The number of para-hydroxylation sites is 2. The van der Waals surface area contributed by atoms with Gasteiger partial charge in [-0.3, -0.25) is 19.0 Å². The average Bonchev–Trinajstić information content (AvgIpc) is 2.58. The Labute approximate surface area is 137 Å². The van der Waals surface area contributed by atoms with Gasteiger partial charge in [-0.15, -0.1) is 0 Å². The fraction of sp³-hybridized carbons (Fsp3) is 0.167. The summed E-state index contributed by atoms with van der Waals surface area (Å²) in [7, 11) is 0. The van der Waals surface area contributed by atoms with Crippen molar-refractivity contribution in [1.82, 2.24) is 14.9 Å². The maximum absolute atomic E-state index is 12.2. The molecule has 3 rings (SSSR count). The van der Waals surface area contributed by atoms with Crippen LogP contribution in [0.5, 0.6) is 0 Å². The minimum absolute atomic E-state index is 0.199. The van der Waals surface area contributed by atoms with Crippen LogP contribution >= 0.6 is 0 Å². The van der Waals surface area contributed by atoms with E-state index in [0.717, 1.165) is 11.1 Å². The van der Waals surface area contributed by atoms with E-state index in [1.165, 1.54) is 4.57 Å². The highest BCUT2D eigenvalue weighted by Gasteiger charge is 2.11. The van der Waals surface area contributed by atoms with Crippen LogP contribution in [-0.4, -0.2) is 15.5 Å². The molecule has 0 spiro atoms. The van der Waals surface area contributed by atoms with Gasteiger partial charge in [-0.05, 0) is 24.6 Å². The lowest BCUT2D eigenvalue weighted by atomic mass is 10.1. The second-order valence-electron chi connectivity index (χ2n) is 5.62. The van der Waals surface area contributed by atoms with Crippen molar-refractivity contribution in [2.24, 2.45) is 0 Å². The third kappa shape index (κ3) is 3.27. The van der Waals surface area contributed by atoms with Crippen molar-refractivity contribution in [2.75, 3.05) is 0 Å². The third-order valence-electron chi connectivity index (χ3n) is 3.79. The molecule has 0 aliphatic rings. The van der Waals surface area contributed by atoms with Crippen LogP contribution in [0.25, 0.3) is 11.0 Å². The summed E-state index contributed by atoms with van der Waals surface area (Å²) in [5.41, 5.74) is 1.68. The van der Waals surface area contributed by atoms with Crippen molar-refractivity contribution >= 4 is 16.9 Å². The molecular weight excluding hydrogens is 306 g/mol. The summed E-state index contributed by atoms with van der Waals surface area (Å²) in [6.07, 6.45) is 0. The number of nitrogens with zero attached hydrogens (tertiary/aromatic N) is 1. The fourth-order valence-corrected chi connectivity index (χ4v) is 2.49. The number of nitrogens with one attached hydrogen (secondary N) is 2. The van der Waals surface area contributed by atoms with Crippen LogP contribution in [0.15, 0.2) is 58.1 Å². The number of carbonyl (C=O) groups excluding carboxylic acids is 1. The lowest BCUT2D eigenvalue weighted by molar-refractivity contribution is -0.121. The Morgan fingerprint density at radius 1 is 1.08 bits per heavy atom. The first-order valence-electron chi connectivity index (χ1n) is 7.59. The summed E-state index contributed by atoms with van der Waals surface area (Å²) >= 11 is 0. The largest absolute Gasteiger partial charge is 0.350 e. The van der Waals surface area contributed by atoms with Gasteiger partial charge in [0.25, 0.3) is 0 Å². The second-order valence-corrected chi connectivity index (χ2v) is 5.62. The van der Waals surface area contributed by atoms with Crippen molar-refractivity contribution in [1.29, 1.82) is 0 Å². The molecule has 0 radical (unpaired) electrons. The van der Waals surface area contributed by atoms with E-state index in [9.17, 15) is 14.4 Å². The SMILES string of the molecule is Cc1ccc(CNC(=O)Cn2c(=O)c(=O)[nH]c3ccccc32)cc1. The highest BCUT2D eigenvalue weighted by Crippen LogP contribution is 2.07. The van der Waals surface area contributed by atoms with E-state index in [-0.39, 0.29) is 12.5 Å². The van der Waals surface area contributed by atoms with E-state index in [1.807, 2.05) is 31.2 Å². The van der Waals surface area contributed by atoms with Crippen LogP contribution in [0.4, 0.5) is 0 Å².